The van der Waals surface area contributed by atoms with E-state index in [2.05, 4.69) is 9.72 Å². The third-order valence-corrected chi connectivity index (χ3v) is 1.94. The second-order valence-electron chi connectivity index (χ2n) is 2.92. The predicted molar refractivity (Wildman–Crippen MR) is 51.2 cm³/mol. The molecule has 0 atom stereocenters. The van der Waals surface area contributed by atoms with Crippen molar-refractivity contribution in [3.05, 3.63) is 40.7 Å². The van der Waals surface area contributed by atoms with Crippen LogP contribution in [0.5, 0.6) is 5.75 Å². The molecule has 15 heavy (non-hydrogen) atoms. The summed E-state index contributed by atoms with van der Waals surface area (Å²) >= 11 is 0. The summed E-state index contributed by atoms with van der Waals surface area (Å²) < 4.78 is 28.4. The zero-order chi connectivity index (χ0) is 10.8. The number of alkyl halides is 2. The van der Waals surface area contributed by atoms with Gasteiger partial charge < -0.3 is 9.72 Å². The summed E-state index contributed by atoms with van der Waals surface area (Å²) in [5.41, 5.74) is 0.192. The van der Waals surface area contributed by atoms with E-state index in [1.807, 2.05) is 0 Å². The minimum absolute atomic E-state index is 0.0544. The SMILES string of the molecule is O=c1ccc2c(OC(F)F)cccc2[nH]1. The number of aromatic amines is 1. The summed E-state index contributed by atoms with van der Waals surface area (Å²) in [6, 6.07) is 7.30. The van der Waals surface area contributed by atoms with Crippen LogP contribution < -0.4 is 10.3 Å². The van der Waals surface area contributed by atoms with Crippen molar-refractivity contribution in [2.75, 3.05) is 0 Å². The van der Waals surface area contributed by atoms with Gasteiger partial charge in [0.15, 0.2) is 0 Å². The topological polar surface area (TPSA) is 42.1 Å². The highest BCUT2D eigenvalue weighted by molar-refractivity contribution is 5.84. The third kappa shape index (κ3) is 1.96. The van der Waals surface area contributed by atoms with E-state index < -0.39 is 6.61 Å². The summed E-state index contributed by atoms with van der Waals surface area (Å²) in [4.78, 5) is 13.5. The van der Waals surface area contributed by atoms with Crippen molar-refractivity contribution in [2.45, 2.75) is 6.61 Å². The lowest BCUT2D eigenvalue weighted by atomic mass is 10.2. The molecule has 3 nitrogen and oxygen atoms in total. The summed E-state index contributed by atoms with van der Waals surface area (Å²) in [6.45, 7) is -2.87. The molecule has 0 aliphatic heterocycles. The number of nitrogens with one attached hydrogen (secondary N) is 1. The maximum Gasteiger partial charge on any atom is 0.387 e. The molecule has 0 aliphatic carbocycles. The molecule has 0 saturated carbocycles. The fraction of sp³-hybridized carbons (Fsp3) is 0.100. The van der Waals surface area contributed by atoms with Crippen LogP contribution in [0.4, 0.5) is 8.78 Å². The molecule has 0 spiro atoms. The van der Waals surface area contributed by atoms with E-state index in [0.29, 0.717) is 10.9 Å². The first-order valence-electron chi connectivity index (χ1n) is 4.24. The maximum atomic E-state index is 12.0. The minimum atomic E-state index is -2.87. The Morgan fingerprint density at radius 2 is 2.00 bits per heavy atom. The fourth-order valence-corrected chi connectivity index (χ4v) is 1.36. The highest BCUT2D eigenvalue weighted by Crippen LogP contribution is 2.24. The first kappa shape index (κ1) is 9.64. The van der Waals surface area contributed by atoms with Crippen LogP contribution >= 0.6 is 0 Å². The molecule has 2 aromatic rings. The Kier molecular flexibility index (Phi) is 2.37. The van der Waals surface area contributed by atoms with Crippen LogP contribution in [0.25, 0.3) is 10.9 Å². The molecule has 0 aliphatic rings. The van der Waals surface area contributed by atoms with Crippen molar-refractivity contribution < 1.29 is 13.5 Å². The van der Waals surface area contributed by atoms with Gasteiger partial charge in [0.2, 0.25) is 5.56 Å². The number of pyridine rings is 1. The Balaban J connectivity index is 2.60. The van der Waals surface area contributed by atoms with Gasteiger partial charge in [-0.25, -0.2) is 0 Å². The van der Waals surface area contributed by atoms with Gasteiger partial charge in [0.1, 0.15) is 5.75 Å². The van der Waals surface area contributed by atoms with E-state index in [-0.39, 0.29) is 11.3 Å². The number of rotatable bonds is 2. The molecule has 0 saturated heterocycles. The van der Waals surface area contributed by atoms with Gasteiger partial charge in [0.05, 0.1) is 5.52 Å². The highest BCUT2D eigenvalue weighted by Gasteiger charge is 2.07. The molecule has 1 heterocycles. The van der Waals surface area contributed by atoms with E-state index in [4.69, 9.17) is 0 Å². The number of halogens is 2. The highest BCUT2D eigenvalue weighted by atomic mass is 19.3. The molecule has 1 aromatic carbocycles. The van der Waals surface area contributed by atoms with E-state index in [0.717, 1.165) is 0 Å². The maximum absolute atomic E-state index is 12.0. The van der Waals surface area contributed by atoms with E-state index in [1.165, 1.54) is 24.3 Å². The zero-order valence-corrected chi connectivity index (χ0v) is 7.54. The molecule has 0 fully saturated rings. The zero-order valence-electron chi connectivity index (χ0n) is 7.54. The lowest BCUT2D eigenvalue weighted by Gasteiger charge is -2.06. The molecule has 0 bridgehead atoms. The van der Waals surface area contributed by atoms with Gasteiger partial charge >= 0.3 is 6.61 Å². The number of ether oxygens (including phenoxy) is 1. The Bertz CT molecular complexity index is 536. The Hall–Kier alpha value is -1.91. The van der Waals surface area contributed by atoms with Crippen LogP contribution in [0.1, 0.15) is 0 Å². The molecule has 2 rings (SSSR count). The largest absolute Gasteiger partial charge is 0.434 e. The van der Waals surface area contributed by atoms with Crippen molar-refractivity contribution in [3.8, 4) is 5.75 Å². The lowest BCUT2D eigenvalue weighted by Crippen LogP contribution is -2.05. The quantitative estimate of drug-likeness (QED) is 0.826. The Morgan fingerprint density at radius 3 is 2.73 bits per heavy atom. The molecular weight excluding hydrogens is 204 g/mol. The van der Waals surface area contributed by atoms with Crippen LogP contribution in [0.2, 0.25) is 0 Å². The van der Waals surface area contributed by atoms with Crippen LogP contribution in [0.15, 0.2) is 35.1 Å². The number of benzene rings is 1. The molecule has 0 radical (unpaired) electrons. The second kappa shape index (κ2) is 3.68. The van der Waals surface area contributed by atoms with Gasteiger partial charge in [-0.2, -0.15) is 8.78 Å². The second-order valence-corrected chi connectivity index (χ2v) is 2.92. The van der Waals surface area contributed by atoms with Gasteiger partial charge in [-0.05, 0) is 18.2 Å². The monoisotopic (exact) mass is 211 g/mol. The average Bonchev–Trinajstić information content (AvgIpc) is 2.16. The van der Waals surface area contributed by atoms with Crippen LogP contribution in [0.3, 0.4) is 0 Å². The number of hydrogen-bond donors (Lipinski definition) is 1. The van der Waals surface area contributed by atoms with Crippen molar-refractivity contribution in [2.24, 2.45) is 0 Å². The Morgan fingerprint density at radius 1 is 1.20 bits per heavy atom. The first-order valence-corrected chi connectivity index (χ1v) is 4.24. The molecular formula is C10H7F2NO2. The number of hydrogen-bond acceptors (Lipinski definition) is 2. The third-order valence-electron chi connectivity index (χ3n) is 1.94. The van der Waals surface area contributed by atoms with Crippen LogP contribution in [-0.2, 0) is 0 Å². The van der Waals surface area contributed by atoms with Crippen molar-refractivity contribution >= 4 is 10.9 Å². The van der Waals surface area contributed by atoms with Gasteiger partial charge in [-0.1, -0.05) is 6.07 Å². The molecule has 78 valence electrons. The van der Waals surface area contributed by atoms with Gasteiger partial charge in [0.25, 0.3) is 0 Å². The van der Waals surface area contributed by atoms with E-state index in [1.54, 1.807) is 6.07 Å². The fourth-order valence-electron chi connectivity index (χ4n) is 1.36. The first-order chi connectivity index (χ1) is 7.16. The van der Waals surface area contributed by atoms with Crippen molar-refractivity contribution in [1.29, 1.82) is 0 Å². The van der Waals surface area contributed by atoms with Crippen molar-refractivity contribution in [3.63, 3.8) is 0 Å². The van der Waals surface area contributed by atoms with Gasteiger partial charge in [-0.3, -0.25) is 4.79 Å². The van der Waals surface area contributed by atoms with Crippen molar-refractivity contribution in [1.82, 2.24) is 4.98 Å². The smallest absolute Gasteiger partial charge is 0.387 e. The summed E-state index contributed by atoms with van der Waals surface area (Å²) in [5, 5.41) is 0.456. The summed E-state index contributed by atoms with van der Waals surface area (Å²) in [6.07, 6.45) is 0. The standard InChI is InChI=1S/C10H7F2NO2/c11-10(12)15-8-3-1-2-7-6(8)4-5-9(14)13-7/h1-5,10H,(H,13,14). The molecule has 5 heteroatoms. The molecule has 1 aromatic heterocycles. The number of aromatic nitrogens is 1. The van der Waals surface area contributed by atoms with E-state index in [9.17, 15) is 13.6 Å². The van der Waals surface area contributed by atoms with Gasteiger partial charge in [-0.15, -0.1) is 0 Å². The summed E-state index contributed by atoms with van der Waals surface area (Å²) in [7, 11) is 0. The normalized spacial score (nSPS) is 10.9. The van der Waals surface area contributed by atoms with E-state index >= 15 is 0 Å². The number of H-pyrrole nitrogens is 1. The minimum Gasteiger partial charge on any atom is -0.434 e. The summed E-state index contributed by atoms with van der Waals surface area (Å²) in [5.74, 6) is 0.0544. The van der Waals surface area contributed by atoms with Crippen LogP contribution in [-0.4, -0.2) is 11.6 Å². The lowest BCUT2D eigenvalue weighted by molar-refractivity contribution is -0.0487. The van der Waals surface area contributed by atoms with Gasteiger partial charge in [0, 0.05) is 11.5 Å². The van der Waals surface area contributed by atoms with Crippen LogP contribution in [0, 0.1) is 0 Å². The average molecular weight is 211 g/mol. The molecule has 0 amide bonds. The Labute approximate surface area is 83.3 Å². The predicted octanol–water partition coefficient (Wildman–Crippen LogP) is 2.13. The molecule has 1 N–H and O–H groups in total. The molecule has 0 unspecified atom stereocenters. The number of fused-ring (bicyclic) bond motifs is 1.